The van der Waals surface area contributed by atoms with Gasteiger partial charge < -0.3 is 19.6 Å². The summed E-state index contributed by atoms with van der Waals surface area (Å²) >= 11 is 0. The molecular weight excluding hydrogens is 444 g/mol. The van der Waals surface area contributed by atoms with Crippen LogP contribution >= 0.6 is 0 Å². The van der Waals surface area contributed by atoms with Crippen molar-refractivity contribution >= 4 is 17.4 Å². The molecule has 2 aromatic rings. The van der Waals surface area contributed by atoms with Gasteiger partial charge in [0, 0.05) is 38.1 Å². The third-order valence-corrected chi connectivity index (χ3v) is 6.89. The van der Waals surface area contributed by atoms with Crippen molar-refractivity contribution in [3.63, 3.8) is 0 Å². The Morgan fingerprint density at radius 2 is 2.17 bits per heavy atom. The van der Waals surface area contributed by atoms with Crippen LogP contribution in [0.5, 0.6) is 5.88 Å². The molecule has 8 nitrogen and oxygen atoms in total. The zero-order valence-corrected chi connectivity index (χ0v) is 20.7. The largest absolute Gasteiger partial charge is 0.472 e. The lowest BCUT2D eigenvalue weighted by Gasteiger charge is -2.37. The summed E-state index contributed by atoms with van der Waals surface area (Å²) < 4.78 is 6.33. The molecule has 2 amide bonds. The summed E-state index contributed by atoms with van der Waals surface area (Å²) in [6.07, 6.45) is 11.1. The fourth-order valence-corrected chi connectivity index (χ4v) is 4.66. The van der Waals surface area contributed by atoms with Gasteiger partial charge in [0.15, 0.2) is 0 Å². The van der Waals surface area contributed by atoms with E-state index >= 15 is 0 Å². The van der Waals surface area contributed by atoms with E-state index in [0.29, 0.717) is 24.2 Å². The normalized spacial score (nSPS) is 21.2. The van der Waals surface area contributed by atoms with Crippen LogP contribution in [0.15, 0.2) is 42.9 Å². The highest BCUT2D eigenvalue weighted by Gasteiger charge is 2.35. The predicted octanol–water partition coefficient (Wildman–Crippen LogP) is 3.43. The fraction of sp³-hybridized carbons (Fsp3) is 0.481. The quantitative estimate of drug-likeness (QED) is 0.684. The van der Waals surface area contributed by atoms with Gasteiger partial charge in [-0.2, -0.15) is 0 Å². The van der Waals surface area contributed by atoms with Gasteiger partial charge in [-0.3, -0.25) is 14.6 Å². The monoisotopic (exact) mass is 478 g/mol. The Morgan fingerprint density at radius 3 is 2.86 bits per heavy atom. The van der Waals surface area contributed by atoms with E-state index in [4.69, 9.17) is 4.74 Å². The van der Waals surface area contributed by atoms with E-state index < -0.39 is 6.10 Å². The van der Waals surface area contributed by atoms with Crippen molar-refractivity contribution < 1.29 is 19.4 Å². The summed E-state index contributed by atoms with van der Waals surface area (Å²) in [4.78, 5) is 38.4. The molecule has 0 spiro atoms. The van der Waals surface area contributed by atoms with Gasteiger partial charge in [-0.15, -0.1) is 0 Å². The van der Waals surface area contributed by atoms with Crippen molar-refractivity contribution in [3.8, 4) is 5.88 Å². The predicted molar refractivity (Wildman–Crippen MR) is 133 cm³/mol. The van der Waals surface area contributed by atoms with Gasteiger partial charge in [-0.1, -0.05) is 13.0 Å². The van der Waals surface area contributed by atoms with Crippen molar-refractivity contribution in [1.82, 2.24) is 19.8 Å². The van der Waals surface area contributed by atoms with E-state index in [0.717, 1.165) is 24.8 Å². The Morgan fingerprint density at radius 1 is 1.34 bits per heavy atom. The molecule has 1 aliphatic carbocycles. The molecule has 2 aromatic heterocycles. The number of fused-ring (bicyclic) bond motifs is 1. The Balaban J connectivity index is 1.66. The second-order valence-corrected chi connectivity index (χ2v) is 9.60. The number of hydrogen-bond donors (Lipinski definition) is 1. The first kappa shape index (κ1) is 24.9. The van der Waals surface area contributed by atoms with Crippen molar-refractivity contribution in [1.29, 1.82) is 0 Å². The van der Waals surface area contributed by atoms with Crippen LogP contribution in [0.3, 0.4) is 0 Å². The number of aliphatic hydroxyl groups is 1. The number of rotatable bonds is 6. The minimum Gasteiger partial charge on any atom is -0.472 e. The van der Waals surface area contributed by atoms with Gasteiger partial charge in [0.1, 0.15) is 11.7 Å². The molecule has 0 fully saturated rings. The first-order chi connectivity index (χ1) is 16.9. The molecule has 1 N–H and O–H groups in total. The molecule has 35 heavy (non-hydrogen) atoms. The molecule has 0 aromatic carbocycles. The summed E-state index contributed by atoms with van der Waals surface area (Å²) in [5.74, 6) is -0.186. The third-order valence-electron chi connectivity index (χ3n) is 6.89. The smallest absolute Gasteiger partial charge is 0.259 e. The van der Waals surface area contributed by atoms with E-state index in [-0.39, 0.29) is 36.3 Å². The Bertz CT molecular complexity index is 1090. The SMILES string of the molecule is C[C@H](CO)N1C[C@H](C)[C@@H](CN(C)C(=O)c2cccnc2)Oc2ncc(C3=CCCCC3)cc2C1=O. The van der Waals surface area contributed by atoms with Crippen LogP contribution in [0.25, 0.3) is 5.57 Å². The van der Waals surface area contributed by atoms with Gasteiger partial charge in [0.2, 0.25) is 5.88 Å². The number of carbonyl (C=O) groups excluding carboxylic acids is 2. The lowest BCUT2D eigenvalue weighted by Crippen LogP contribution is -2.50. The summed E-state index contributed by atoms with van der Waals surface area (Å²) in [6.45, 7) is 4.40. The molecule has 0 radical (unpaired) electrons. The van der Waals surface area contributed by atoms with Crippen LogP contribution in [-0.4, -0.2) is 75.6 Å². The second-order valence-electron chi connectivity index (χ2n) is 9.60. The number of carbonyl (C=O) groups is 2. The maximum Gasteiger partial charge on any atom is 0.259 e. The fourth-order valence-electron chi connectivity index (χ4n) is 4.66. The Kier molecular flexibility index (Phi) is 7.80. The highest BCUT2D eigenvalue weighted by molar-refractivity contribution is 5.97. The highest BCUT2D eigenvalue weighted by Crippen LogP contribution is 2.32. The van der Waals surface area contributed by atoms with E-state index in [9.17, 15) is 14.7 Å². The number of aliphatic hydroxyl groups excluding tert-OH is 1. The molecule has 1 aliphatic heterocycles. The van der Waals surface area contributed by atoms with Crippen molar-refractivity contribution in [3.05, 3.63) is 59.6 Å². The zero-order valence-electron chi connectivity index (χ0n) is 20.7. The number of ether oxygens (including phenoxy) is 1. The third kappa shape index (κ3) is 5.53. The standard InChI is InChI=1S/C27H34N4O4/c1-18-15-31(19(2)17-32)27(34)23-12-22(20-8-5-4-6-9-20)14-29-25(23)35-24(18)16-30(3)26(33)21-10-7-11-28-13-21/h7-8,10-14,18-19,24,32H,4-6,9,15-17H2,1-3H3/t18-,19+,24+/m0/s1. The first-order valence-electron chi connectivity index (χ1n) is 12.3. The van der Waals surface area contributed by atoms with Crippen LogP contribution in [0, 0.1) is 5.92 Å². The van der Waals surface area contributed by atoms with Gasteiger partial charge in [-0.05, 0) is 61.9 Å². The number of aromatic nitrogens is 2. The van der Waals surface area contributed by atoms with E-state index in [1.165, 1.54) is 12.0 Å². The first-order valence-corrected chi connectivity index (χ1v) is 12.3. The number of pyridine rings is 2. The summed E-state index contributed by atoms with van der Waals surface area (Å²) in [5.41, 5.74) is 3.04. The minimum atomic E-state index is -0.395. The molecule has 3 atom stereocenters. The maximum atomic E-state index is 13.6. The van der Waals surface area contributed by atoms with Crippen LogP contribution in [0.1, 0.15) is 65.8 Å². The molecule has 3 heterocycles. The molecule has 0 bridgehead atoms. The number of likely N-dealkylation sites (N-methyl/N-ethyl adjacent to an activating group) is 1. The molecule has 186 valence electrons. The molecule has 0 unspecified atom stereocenters. The van der Waals surface area contributed by atoms with Crippen molar-refractivity contribution in [2.75, 3.05) is 26.7 Å². The van der Waals surface area contributed by atoms with Gasteiger partial charge in [0.25, 0.3) is 11.8 Å². The number of nitrogens with zero attached hydrogens (tertiary/aromatic N) is 4. The maximum absolute atomic E-state index is 13.6. The highest BCUT2D eigenvalue weighted by atomic mass is 16.5. The van der Waals surface area contributed by atoms with Crippen LogP contribution < -0.4 is 4.74 Å². The number of hydrogen-bond acceptors (Lipinski definition) is 6. The minimum absolute atomic E-state index is 0.104. The summed E-state index contributed by atoms with van der Waals surface area (Å²) in [6, 6.07) is 4.98. The van der Waals surface area contributed by atoms with Crippen LogP contribution in [0.4, 0.5) is 0 Å². The van der Waals surface area contributed by atoms with Crippen molar-refractivity contribution in [2.24, 2.45) is 5.92 Å². The molecule has 0 saturated carbocycles. The Labute approximate surface area is 206 Å². The zero-order chi connectivity index (χ0) is 24.9. The average molecular weight is 479 g/mol. The van der Waals surface area contributed by atoms with Crippen molar-refractivity contribution in [2.45, 2.75) is 51.7 Å². The van der Waals surface area contributed by atoms with Gasteiger partial charge >= 0.3 is 0 Å². The van der Waals surface area contributed by atoms with E-state index in [1.807, 2.05) is 19.9 Å². The molecular formula is C27H34N4O4. The molecule has 2 aliphatic rings. The number of amides is 2. The molecule has 4 rings (SSSR count). The summed E-state index contributed by atoms with van der Waals surface area (Å²) in [7, 11) is 1.73. The topological polar surface area (TPSA) is 95.9 Å². The van der Waals surface area contributed by atoms with E-state index in [2.05, 4.69) is 16.0 Å². The Hall–Kier alpha value is -3.26. The van der Waals surface area contributed by atoms with Crippen LogP contribution in [0.2, 0.25) is 0 Å². The molecule has 8 heteroatoms. The lowest BCUT2D eigenvalue weighted by atomic mass is 9.93. The second kappa shape index (κ2) is 11.0. The van der Waals surface area contributed by atoms with Crippen LogP contribution in [-0.2, 0) is 0 Å². The van der Waals surface area contributed by atoms with E-state index in [1.54, 1.807) is 47.6 Å². The number of allylic oxidation sites excluding steroid dienone is 2. The summed E-state index contributed by atoms with van der Waals surface area (Å²) in [5, 5.41) is 9.86. The van der Waals surface area contributed by atoms with Gasteiger partial charge in [-0.25, -0.2) is 4.98 Å². The van der Waals surface area contributed by atoms with Gasteiger partial charge in [0.05, 0.1) is 24.8 Å². The lowest BCUT2D eigenvalue weighted by molar-refractivity contribution is 0.0313. The average Bonchev–Trinajstić information content (AvgIpc) is 2.90. The molecule has 0 saturated heterocycles.